The van der Waals surface area contributed by atoms with E-state index in [1.807, 2.05) is 25.1 Å². The van der Waals surface area contributed by atoms with E-state index in [9.17, 15) is 9.18 Å². The van der Waals surface area contributed by atoms with Crippen LogP contribution >= 0.6 is 11.6 Å². The van der Waals surface area contributed by atoms with E-state index in [0.717, 1.165) is 22.2 Å². The minimum Gasteiger partial charge on any atom is -0.357 e. The normalized spacial score (nSPS) is 12.2. The Labute approximate surface area is 150 Å². The number of aromatic nitrogens is 1. The molecule has 0 fully saturated rings. The minimum absolute atomic E-state index is 0.135. The largest absolute Gasteiger partial charge is 0.357 e. The van der Waals surface area contributed by atoms with Gasteiger partial charge in [0.1, 0.15) is 5.82 Å². The Morgan fingerprint density at radius 1 is 1.24 bits per heavy atom. The average molecular weight is 360 g/mol. The van der Waals surface area contributed by atoms with Crippen molar-refractivity contribution in [2.45, 2.75) is 19.5 Å². The van der Waals surface area contributed by atoms with Crippen LogP contribution in [-0.4, -0.2) is 23.0 Å². The maximum Gasteiger partial charge on any atom is 0.317 e. The van der Waals surface area contributed by atoms with Crippen molar-refractivity contribution < 1.29 is 9.18 Å². The van der Waals surface area contributed by atoms with E-state index in [4.69, 9.17) is 11.6 Å². The minimum atomic E-state index is -0.277. The number of aromatic amines is 1. The molecule has 0 radical (unpaired) electrons. The fourth-order valence-corrected chi connectivity index (χ4v) is 2.83. The number of nitrogens with one attached hydrogen (secondary N) is 2. The molecule has 0 saturated heterocycles. The van der Waals surface area contributed by atoms with Crippen molar-refractivity contribution >= 4 is 28.5 Å². The third-order valence-electron chi connectivity index (χ3n) is 4.10. The van der Waals surface area contributed by atoms with E-state index in [-0.39, 0.29) is 17.9 Å². The van der Waals surface area contributed by atoms with Crippen LogP contribution < -0.4 is 5.32 Å². The van der Waals surface area contributed by atoms with Gasteiger partial charge in [0, 0.05) is 28.7 Å². The third kappa shape index (κ3) is 4.12. The summed E-state index contributed by atoms with van der Waals surface area (Å²) in [7, 11) is 1.72. The van der Waals surface area contributed by atoms with Crippen molar-refractivity contribution in [2.24, 2.45) is 0 Å². The van der Waals surface area contributed by atoms with Gasteiger partial charge in [0.05, 0.1) is 12.6 Å². The van der Waals surface area contributed by atoms with E-state index in [1.54, 1.807) is 30.1 Å². The number of hydrogen-bond acceptors (Lipinski definition) is 1. The number of carbonyl (C=O) groups is 1. The Morgan fingerprint density at radius 2 is 1.96 bits per heavy atom. The Kier molecular flexibility index (Phi) is 4.95. The zero-order valence-electron chi connectivity index (χ0n) is 14.0. The van der Waals surface area contributed by atoms with Gasteiger partial charge in [0.25, 0.3) is 0 Å². The molecule has 4 nitrogen and oxygen atoms in total. The number of benzene rings is 2. The van der Waals surface area contributed by atoms with E-state index in [1.165, 1.54) is 12.1 Å². The molecule has 0 aliphatic rings. The maximum atomic E-state index is 13.3. The van der Waals surface area contributed by atoms with Crippen molar-refractivity contribution in [3.8, 4) is 0 Å². The van der Waals surface area contributed by atoms with Crippen molar-refractivity contribution in [1.82, 2.24) is 15.2 Å². The molecule has 0 saturated carbocycles. The average Bonchev–Trinajstić information content (AvgIpc) is 2.96. The second-order valence-electron chi connectivity index (χ2n) is 6.10. The van der Waals surface area contributed by atoms with Crippen LogP contribution in [0.5, 0.6) is 0 Å². The first-order valence-electron chi connectivity index (χ1n) is 7.96. The molecule has 2 aromatic carbocycles. The summed E-state index contributed by atoms with van der Waals surface area (Å²) < 4.78 is 13.3. The molecule has 25 heavy (non-hydrogen) atoms. The summed E-state index contributed by atoms with van der Waals surface area (Å²) in [5.74, 6) is -0.277. The van der Waals surface area contributed by atoms with Crippen LogP contribution in [0.2, 0.25) is 5.02 Å². The molecule has 3 rings (SSSR count). The molecule has 0 spiro atoms. The summed E-state index contributed by atoms with van der Waals surface area (Å²) in [6, 6.07) is 13.5. The lowest BCUT2D eigenvalue weighted by atomic mass is 10.1. The fraction of sp³-hybridized carbons (Fsp3) is 0.211. The molecule has 3 aromatic rings. The molecule has 0 unspecified atom stereocenters. The summed E-state index contributed by atoms with van der Waals surface area (Å²) in [5.41, 5.74) is 2.67. The highest BCUT2D eigenvalue weighted by molar-refractivity contribution is 6.30. The van der Waals surface area contributed by atoms with Gasteiger partial charge in [-0.15, -0.1) is 0 Å². The van der Waals surface area contributed by atoms with Gasteiger partial charge in [-0.2, -0.15) is 0 Å². The molecule has 1 atom stereocenters. The molecular weight excluding hydrogens is 341 g/mol. The van der Waals surface area contributed by atoms with Crippen LogP contribution in [0, 0.1) is 5.82 Å². The van der Waals surface area contributed by atoms with Crippen LogP contribution in [0.15, 0.2) is 48.5 Å². The quantitative estimate of drug-likeness (QED) is 0.686. The first-order valence-corrected chi connectivity index (χ1v) is 8.34. The summed E-state index contributed by atoms with van der Waals surface area (Å²) >= 11 is 5.88. The number of urea groups is 1. The lowest BCUT2D eigenvalue weighted by Gasteiger charge is -2.21. The molecule has 1 aromatic heterocycles. The highest BCUT2D eigenvalue weighted by atomic mass is 35.5. The standard InChI is InChI=1S/C19H19ClFN3O/c1-12(13-3-5-15(20)6-4-13)22-19(25)24(2)11-17-10-14-9-16(21)7-8-18(14)23-17/h3-10,12,23H,11H2,1-2H3,(H,22,25)/t12-/m1/s1. The number of nitrogens with zero attached hydrogens (tertiary/aromatic N) is 1. The van der Waals surface area contributed by atoms with Crippen LogP contribution in [0.1, 0.15) is 24.2 Å². The first-order chi connectivity index (χ1) is 11.9. The SMILES string of the molecule is C[C@@H](NC(=O)N(C)Cc1cc2cc(F)ccc2[nH]1)c1ccc(Cl)cc1. The van der Waals surface area contributed by atoms with Gasteiger partial charge in [-0.05, 0) is 48.9 Å². The van der Waals surface area contributed by atoms with Gasteiger partial charge in [0.2, 0.25) is 0 Å². The second kappa shape index (κ2) is 7.15. The number of hydrogen-bond donors (Lipinski definition) is 2. The maximum absolute atomic E-state index is 13.3. The van der Waals surface area contributed by atoms with Crippen LogP contribution in [0.25, 0.3) is 10.9 Å². The van der Waals surface area contributed by atoms with E-state index >= 15 is 0 Å². The zero-order chi connectivity index (χ0) is 18.0. The van der Waals surface area contributed by atoms with Gasteiger partial charge in [0.15, 0.2) is 0 Å². The topological polar surface area (TPSA) is 48.1 Å². The number of fused-ring (bicyclic) bond motifs is 1. The number of carbonyl (C=O) groups excluding carboxylic acids is 1. The van der Waals surface area contributed by atoms with E-state index in [2.05, 4.69) is 10.3 Å². The molecule has 0 aliphatic heterocycles. The summed E-state index contributed by atoms with van der Waals surface area (Å²) in [4.78, 5) is 17.2. The molecule has 1 heterocycles. The number of amides is 2. The van der Waals surface area contributed by atoms with Crippen molar-refractivity contribution in [3.63, 3.8) is 0 Å². The Morgan fingerprint density at radius 3 is 2.68 bits per heavy atom. The van der Waals surface area contributed by atoms with Crippen LogP contribution in [0.3, 0.4) is 0 Å². The highest BCUT2D eigenvalue weighted by Crippen LogP contribution is 2.19. The lowest BCUT2D eigenvalue weighted by Crippen LogP contribution is -2.38. The molecule has 130 valence electrons. The fourth-order valence-electron chi connectivity index (χ4n) is 2.71. The Hall–Kier alpha value is -2.53. The first kappa shape index (κ1) is 17.3. The van der Waals surface area contributed by atoms with Gasteiger partial charge in [-0.25, -0.2) is 9.18 Å². The number of halogens is 2. The molecule has 6 heteroatoms. The van der Waals surface area contributed by atoms with Crippen molar-refractivity contribution in [3.05, 3.63) is 70.6 Å². The summed E-state index contributed by atoms with van der Waals surface area (Å²) in [5, 5.41) is 4.40. The van der Waals surface area contributed by atoms with Gasteiger partial charge in [-0.1, -0.05) is 23.7 Å². The Bertz CT molecular complexity index is 891. The zero-order valence-corrected chi connectivity index (χ0v) is 14.8. The van der Waals surface area contributed by atoms with E-state index in [0.29, 0.717) is 11.6 Å². The summed E-state index contributed by atoms with van der Waals surface area (Å²) in [6.45, 7) is 2.32. The monoisotopic (exact) mass is 359 g/mol. The smallest absolute Gasteiger partial charge is 0.317 e. The van der Waals surface area contributed by atoms with Gasteiger partial charge in [-0.3, -0.25) is 0 Å². The number of H-pyrrole nitrogens is 1. The third-order valence-corrected chi connectivity index (χ3v) is 4.35. The predicted octanol–water partition coefficient (Wildman–Crippen LogP) is 4.86. The predicted molar refractivity (Wildman–Crippen MR) is 98.1 cm³/mol. The molecule has 0 aliphatic carbocycles. The molecule has 2 amide bonds. The van der Waals surface area contributed by atoms with Crippen molar-refractivity contribution in [2.75, 3.05) is 7.05 Å². The molecule has 0 bridgehead atoms. The number of rotatable bonds is 4. The Balaban J connectivity index is 1.64. The van der Waals surface area contributed by atoms with Crippen LogP contribution in [-0.2, 0) is 6.54 Å². The summed E-state index contributed by atoms with van der Waals surface area (Å²) in [6.07, 6.45) is 0. The lowest BCUT2D eigenvalue weighted by molar-refractivity contribution is 0.203. The molecular formula is C19H19ClFN3O. The van der Waals surface area contributed by atoms with Gasteiger partial charge < -0.3 is 15.2 Å². The van der Waals surface area contributed by atoms with Crippen LogP contribution in [0.4, 0.5) is 9.18 Å². The van der Waals surface area contributed by atoms with Gasteiger partial charge >= 0.3 is 6.03 Å². The van der Waals surface area contributed by atoms with Crippen molar-refractivity contribution in [1.29, 1.82) is 0 Å². The van der Waals surface area contributed by atoms with E-state index < -0.39 is 0 Å². The highest BCUT2D eigenvalue weighted by Gasteiger charge is 2.14. The second-order valence-corrected chi connectivity index (χ2v) is 6.54. The molecule has 2 N–H and O–H groups in total.